The lowest BCUT2D eigenvalue weighted by molar-refractivity contribution is 0.0951. The molecule has 0 aliphatic heterocycles. The molecule has 106 valence electrons. The second-order valence-corrected chi connectivity index (χ2v) is 6.92. The summed E-state index contributed by atoms with van der Waals surface area (Å²) in [4.78, 5) is 17.3. The second kappa shape index (κ2) is 7.06. The fourth-order valence-corrected chi connectivity index (χ4v) is 3.21. The third-order valence-electron chi connectivity index (χ3n) is 2.51. The molecule has 0 aliphatic rings. The topological polar surface area (TPSA) is 54.0 Å². The van der Waals surface area contributed by atoms with Crippen LogP contribution in [0.4, 0.5) is 5.82 Å². The Hall–Kier alpha value is -1.11. The average Bonchev–Trinajstić information content (AvgIpc) is 2.84. The number of halogens is 2. The zero-order valence-electron chi connectivity index (χ0n) is 10.7. The number of pyridine rings is 1. The van der Waals surface area contributed by atoms with E-state index >= 15 is 0 Å². The molecule has 2 rings (SSSR count). The Bertz CT molecular complexity index is 617. The van der Waals surface area contributed by atoms with Crippen molar-refractivity contribution in [3.05, 3.63) is 43.6 Å². The van der Waals surface area contributed by atoms with Gasteiger partial charge in [-0.05, 0) is 41.1 Å². The summed E-state index contributed by atoms with van der Waals surface area (Å²) in [6, 6.07) is 5.58. The third-order valence-corrected chi connectivity index (χ3v) is 4.43. The summed E-state index contributed by atoms with van der Waals surface area (Å²) in [6.07, 6.45) is 1.48. The van der Waals surface area contributed by atoms with Crippen LogP contribution in [0.5, 0.6) is 0 Å². The van der Waals surface area contributed by atoms with Gasteiger partial charge in [-0.25, -0.2) is 4.98 Å². The highest BCUT2D eigenvalue weighted by Gasteiger charge is 2.12. The molecule has 20 heavy (non-hydrogen) atoms. The summed E-state index contributed by atoms with van der Waals surface area (Å²) >= 11 is 11.0. The molecule has 0 saturated carbocycles. The number of nitrogens with one attached hydrogen (secondary N) is 2. The van der Waals surface area contributed by atoms with Crippen molar-refractivity contribution in [3.63, 3.8) is 0 Å². The average molecular weight is 375 g/mol. The predicted molar refractivity (Wildman–Crippen MR) is 86.6 cm³/mol. The van der Waals surface area contributed by atoms with Crippen molar-refractivity contribution < 1.29 is 4.79 Å². The Kier molecular flexibility index (Phi) is 5.39. The zero-order chi connectivity index (χ0) is 14.5. The van der Waals surface area contributed by atoms with Crippen molar-refractivity contribution in [1.29, 1.82) is 0 Å². The van der Waals surface area contributed by atoms with Crippen LogP contribution in [0.25, 0.3) is 0 Å². The van der Waals surface area contributed by atoms with Crippen molar-refractivity contribution in [1.82, 2.24) is 10.3 Å². The molecule has 2 N–H and O–H groups in total. The zero-order valence-corrected chi connectivity index (χ0v) is 13.9. The van der Waals surface area contributed by atoms with Gasteiger partial charge >= 0.3 is 0 Å². The first-order chi connectivity index (χ1) is 9.60. The fraction of sp³-hybridized carbons (Fsp3) is 0.231. The molecule has 2 heterocycles. The SMILES string of the molecule is CCNc1cc(C(=O)NCc2ccc(Br)s2)c(Cl)cn1. The molecular weight excluding hydrogens is 362 g/mol. The minimum atomic E-state index is -0.207. The van der Waals surface area contributed by atoms with E-state index in [-0.39, 0.29) is 5.91 Å². The summed E-state index contributed by atoms with van der Waals surface area (Å²) in [6.45, 7) is 3.17. The Labute approximate surface area is 134 Å². The van der Waals surface area contributed by atoms with Crippen LogP contribution < -0.4 is 10.6 Å². The lowest BCUT2D eigenvalue weighted by atomic mass is 10.2. The van der Waals surface area contributed by atoms with E-state index in [1.54, 1.807) is 17.4 Å². The van der Waals surface area contributed by atoms with E-state index in [4.69, 9.17) is 11.6 Å². The van der Waals surface area contributed by atoms with Gasteiger partial charge < -0.3 is 10.6 Å². The molecule has 2 aromatic rings. The van der Waals surface area contributed by atoms with E-state index in [0.717, 1.165) is 15.2 Å². The van der Waals surface area contributed by atoms with Gasteiger partial charge in [-0.1, -0.05) is 11.6 Å². The number of aromatic nitrogens is 1. The van der Waals surface area contributed by atoms with Gasteiger partial charge in [0, 0.05) is 17.6 Å². The highest BCUT2D eigenvalue weighted by molar-refractivity contribution is 9.11. The van der Waals surface area contributed by atoms with Crippen molar-refractivity contribution in [3.8, 4) is 0 Å². The van der Waals surface area contributed by atoms with Crippen molar-refractivity contribution in [2.24, 2.45) is 0 Å². The van der Waals surface area contributed by atoms with E-state index in [2.05, 4.69) is 31.5 Å². The Morgan fingerprint density at radius 3 is 2.95 bits per heavy atom. The Morgan fingerprint density at radius 1 is 1.50 bits per heavy atom. The van der Waals surface area contributed by atoms with Crippen molar-refractivity contribution >= 4 is 50.6 Å². The van der Waals surface area contributed by atoms with Gasteiger partial charge in [-0.2, -0.15) is 0 Å². The van der Waals surface area contributed by atoms with Crippen LogP contribution in [0.2, 0.25) is 5.02 Å². The summed E-state index contributed by atoms with van der Waals surface area (Å²) in [5, 5.41) is 6.25. The maximum atomic E-state index is 12.1. The van der Waals surface area contributed by atoms with E-state index in [9.17, 15) is 4.79 Å². The van der Waals surface area contributed by atoms with Crippen LogP contribution in [-0.4, -0.2) is 17.4 Å². The third kappa shape index (κ3) is 3.94. The minimum Gasteiger partial charge on any atom is -0.370 e. The summed E-state index contributed by atoms with van der Waals surface area (Å²) in [5.74, 6) is 0.432. The maximum Gasteiger partial charge on any atom is 0.253 e. The van der Waals surface area contributed by atoms with E-state index < -0.39 is 0 Å². The first kappa shape index (κ1) is 15.3. The molecule has 0 unspecified atom stereocenters. The van der Waals surface area contributed by atoms with Crippen LogP contribution in [0.1, 0.15) is 22.2 Å². The van der Waals surface area contributed by atoms with Gasteiger partial charge in [0.15, 0.2) is 0 Å². The Morgan fingerprint density at radius 2 is 2.30 bits per heavy atom. The van der Waals surface area contributed by atoms with Crippen LogP contribution in [0, 0.1) is 0 Å². The molecular formula is C13H13BrClN3OS. The van der Waals surface area contributed by atoms with Crippen LogP contribution >= 0.6 is 38.9 Å². The number of rotatable bonds is 5. The van der Waals surface area contributed by atoms with E-state index in [0.29, 0.717) is 22.9 Å². The lowest BCUT2D eigenvalue weighted by Crippen LogP contribution is -2.23. The smallest absolute Gasteiger partial charge is 0.253 e. The largest absolute Gasteiger partial charge is 0.370 e. The molecule has 1 amide bonds. The van der Waals surface area contributed by atoms with Gasteiger partial charge in [-0.15, -0.1) is 11.3 Å². The number of carbonyl (C=O) groups excluding carboxylic acids is 1. The molecule has 4 nitrogen and oxygen atoms in total. The minimum absolute atomic E-state index is 0.207. The number of carbonyl (C=O) groups is 1. The highest BCUT2D eigenvalue weighted by Crippen LogP contribution is 2.22. The van der Waals surface area contributed by atoms with Crippen LogP contribution in [0.3, 0.4) is 0 Å². The predicted octanol–water partition coefficient (Wildman–Crippen LogP) is 3.92. The molecule has 0 aromatic carbocycles. The summed E-state index contributed by atoms with van der Waals surface area (Å²) in [5.41, 5.74) is 0.424. The van der Waals surface area contributed by atoms with Crippen LogP contribution in [-0.2, 0) is 6.54 Å². The summed E-state index contributed by atoms with van der Waals surface area (Å²) in [7, 11) is 0. The van der Waals surface area contributed by atoms with Gasteiger partial charge in [0.05, 0.1) is 20.9 Å². The summed E-state index contributed by atoms with van der Waals surface area (Å²) < 4.78 is 1.04. The van der Waals surface area contributed by atoms with Gasteiger partial charge in [0.2, 0.25) is 0 Å². The number of anilines is 1. The Balaban J connectivity index is 2.06. The normalized spacial score (nSPS) is 10.3. The monoisotopic (exact) mass is 373 g/mol. The molecule has 0 spiro atoms. The van der Waals surface area contributed by atoms with Gasteiger partial charge in [0.1, 0.15) is 5.82 Å². The number of hydrogen-bond acceptors (Lipinski definition) is 4. The van der Waals surface area contributed by atoms with E-state index in [1.165, 1.54) is 6.20 Å². The van der Waals surface area contributed by atoms with E-state index in [1.807, 2.05) is 19.1 Å². The quantitative estimate of drug-likeness (QED) is 0.834. The molecule has 7 heteroatoms. The maximum absolute atomic E-state index is 12.1. The number of nitrogens with zero attached hydrogens (tertiary/aromatic N) is 1. The first-order valence-electron chi connectivity index (χ1n) is 6.02. The molecule has 0 aliphatic carbocycles. The standard InChI is InChI=1S/C13H13BrClN3OS/c1-2-16-12-5-9(10(15)7-17-12)13(19)18-6-8-3-4-11(14)20-8/h3-5,7H,2,6H2,1H3,(H,16,17)(H,18,19). The second-order valence-electron chi connectivity index (χ2n) is 3.97. The molecule has 0 fully saturated rings. The van der Waals surface area contributed by atoms with Crippen LogP contribution in [0.15, 0.2) is 28.2 Å². The van der Waals surface area contributed by atoms with Gasteiger partial charge in [-0.3, -0.25) is 4.79 Å². The highest BCUT2D eigenvalue weighted by atomic mass is 79.9. The lowest BCUT2D eigenvalue weighted by Gasteiger charge is -2.08. The number of hydrogen-bond donors (Lipinski definition) is 2. The molecule has 0 radical (unpaired) electrons. The molecule has 2 aromatic heterocycles. The van der Waals surface area contributed by atoms with Gasteiger partial charge in [0.25, 0.3) is 5.91 Å². The van der Waals surface area contributed by atoms with Crippen molar-refractivity contribution in [2.45, 2.75) is 13.5 Å². The fourth-order valence-electron chi connectivity index (χ4n) is 1.60. The first-order valence-corrected chi connectivity index (χ1v) is 8.00. The molecule has 0 bridgehead atoms. The molecule has 0 atom stereocenters. The van der Waals surface area contributed by atoms with Crippen molar-refractivity contribution in [2.75, 3.05) is 11.9 Å². The molecule has 0 saturated heterocycles. The number of thiophene rings is 1. The number of amides is 1.